The fourth-order valence-corrected chi connectivity index (χ4v) is 2.95. The molecule has 0 radical (unpaired) electrons. The Morgan fingerprint density at radius 3 is 2.32 bits per heavy atom. The average Bonchev–Trinajstić information content (AvgIpc) is 2.68. The minimum absolute atomic E-state index is 0.776. The van der Waals surface area contributed by atoms with Gasteiger partial charge in [-0.15, -0.1) is 11.8 Å². The molecular weight excluding hydrogens is 328 g/mol. The zero-order valence-electron chi connectivity index (χ0n) is 14.6. The number of methoxy groups -OCH3 is 1. The molecule has 0 amide bonds. The lowest BCUT2D eigenvalue weighted by Gasteiger charge is -2.06. The van der Waals surface area contributed by atoms with Crippen LogP contribution in [0.15, 0.2) is 65.8 Å². The van der Waals surface area contributed by atoms with Gasteiger partial charge in [-0.25, -0.2) is 0 Å². The number of ether oxygens (including phenoxy) is 1. The largest absolute Gasteiger partial charge is 0.497 e. The second-order valence-electron chi connectivity index (χ2n) is 5.61. The lowest BCUT2D eigenvalue weighted by molar-refractivity contribution is 0.414. The van der Waals surface area contributed by atoms with E-state index in [9.17, 15) is 0 Å². The molecule has 0 fully saturated rings. The SMILES string of the molecule is COc1ccnc(-c2cc(/C=C(\C)c3ccc(SC)cc3)ccn2)c1. The van der Waals surface area contributed by atoms with Gasteiger partial charge in [0.15, 0.2) is 0 Å². The van der Waals surface area contributed by atoms with Crippen LogP contribution < -0.4 is 4.74 Å². The second kappa shape index (κ2) is 7.99. The van der Waals surface area contributed by atoms with Crippen molar-refractivity contribution in [1.82, 2.24) is 9.97 Å². The molecule has 0 N–H and O–H groups in total. The molecule has 0 saturated carbocycles. The first-order chi connectivity index (χ1) is 12.2. The van der Waals surface area contributed by atoms with Crippen molar-refractivity contribution >= 4 is 23.4 Å². The smallest absolute Gasteiger partial charge is 0.122 e. The van der Waals surface area contributed by atoms with Gasteiger partial charge in [0, 0.05) is 23.4 Å². The number of rotatable bonds is 5. The van der Waals surface area contributed by atoms with Gasteiger partial charge in [-0.05, 0) is 60.2 Å². The zero-order valence-corrected chi connectivity index (χ0v) is 15.4. The van der Waals surface area contributed by atoms with E-state index in [1.807, 2.05) is 30.5 Å². The fourth-order valence-electron chi connectivity index (χ4n) is 2.54. The second-order valence-corrected chi connectivity index (χ2v) is 6.49. The van der Waals surface area contributed by atoms with E-state index in [0.717, 1.165) is 22.7 Å². The lowest BCUT2D eigenvalue weighted by Crippen LogP contribution is -1.90. The van der Waals surface area contributed by atoms with Crippen LogP contribution in [0.25, 0.3) is 23.0 Å². The molecular formula is C21H20N2OS. The predicted octanol–water partition coefficient (Wildman–Crippen LogP) is 5.43. The highest BCUT2D eigenvalue weighted by molar-refractivity contribution is 7.98. The van der Waals surface area contributed by atoms with Gasteiger partial charge in [0.2, 0.25) is 0 Å². The van der Waals surface area contributed by atoms with Crippen LogP contribution in [0.3, 0.4) is 0 Å². The van der Waals surface area contributed by atoms with Crippen LogP contribution in [0, 0.1) is 0 Å². The summed E-state index contributed by atoms with van der Waals surface area (Å²) in [6.07, 6.45) is 7.80. The molecule has 0 aliphatic heterocycles. The van der Waals surface area contributed by atoms with Crippen molar-refractivity contribution in [2.45, 2.75) is 11.8 Å². The third kappa shape index (κ3) is 4.28. The van der Waals surface area contributed by atoms with Gasteiger partial charge < -0.3 is 4.74 Å². The van der Waals surface area contributed by atoms with E-state index in [1.54, 1.807) is 25.1 Å². The molecule has 0 bridgehead atoms. The molecule has 0 atom stereocenters. The van der Waals surface area contributed by atoms with Crippen LogP contribution >= 0.6 is 11.8 Å². The number of thioether (sulfide) groups is 1. The summed E-state index contributed by atoms with van der Waals surface area (Å²) in [6, 6.07) is 16.4. The Balaban J connectivity index is 1.89. The molecule has 126 valence electrons. The van der Waals surface area contributed by atoms with Gasteiger partial charge in [-0.2, -0.15) is 0 Å². The number of benzene rings is 1. The van der Waals surface area contributed by atoms with E-state index in [4.69, 9.17) is 4.74 Å². The maximum atomic E-state index is 5.27. The van der Waals surface area contributed by atoms with Crippen LogP contribution in [-0.4, -0.2) is 23.3 Å². The number of nitrogens with zero attached hydrogens (tertiary/aromatic N) is 2. The average molecular weight is 348 g/mol. The molecule has 0 unspecified atom stereocenters. The normalized spacial score (nSPS) is 11.4. The fraction of sp³-hybridized carbons (Fsp3) is 0.143. The molecule has 0 aliphatic carbocycles. The molecule has 0 saturated heterocycles. The standard InChI is InChI=1S/C21H20N2OS/c1-15(17-4-6-19(25-3)7-5-17)12-16-8-10-22-20(13-16)21-14-18(24-2)9-11-23-21/h4-14H,1-3H3/b15-12+. The highest BCUT2D eigenvalue weighted by Gasteiger charge is 2.04. The van der Waals surface area contributed by atoms with Crippen LogP contribution in [-0.2, 0) is 0 Å². The van der Waals surface area contributed by atoms with E-state index in [2.05, 4.69) is 53.5 Å². The first kappa shape index (κ1) is 17.2. The van der Waals surface area contributed by atoms with Crippen molar-refractivity contribution in [3.8, 4) is 17.1 Å². The molecule has 0 aliphatic rings. The van der Waals surface area contributed by atoms with Gasteiger partial charge in [0.25, 0.3) is 0 Å². The molecule has 3 rings (SSSR count). The summed E-state index contributed by atoms with van der Waals surface area (Å²) in [4.78, 5) is 10.1. The van der Waals surface area contributed by atoms with Gasteiger partial charge in [0.05, 0.1) is 18.5 Å². The van der Waals surface area contributed by atoms with Crippen molar-refractivity contribution in [2.24, 2.45) is 0 Å². The monoisotopic (exact) mass is 348 g/mol. The Morgan fingerprint density at radius 1 is 0.960 bits per heavy atom. The summed E-state index contributed by atoms with van der Waals surface area (Å²) in [5.41, 5.74) is 5.16. The van der Waals surface area contributed by atoms with Crippen molar-refractivity contribution in [3.05, 3.63) is 72.1 Å². The Labute approximate surface area is 152 Å². The number of hydrogen-bond donors (Lipinski definition) is 0. The molecule has 25 heavy (non-hydrogen) atoms. The molecule has 3 nitrogen and oxygen atoms in total. The number of pyridine rings is 2. The van der Waals surface area contributed by atoms with Crippen molar-refractivity contribution in [2.75, 3.05) is 13.4 Å². The summed E-state index contributed by atoms with van der Waals surface area (Å²) in [6.45, 7) is 2.12. The number of hydrogen-bond acceptors (Lipinski definition) is 4. The van der Waals surface area contributed by atoms with Crippen LogP contribution in [0.5, 0.6) is 5.75 Å². The Bertz CT molecular complexity index is 888. The quantitative estimate of drug-likeness (QED) is 0.576. The van der Waals surface area contributed by atoms with Gasteiger partial charge in [-0.3, -0.25) is 9.97 Å². The maximum Gasteiger partial charge on any atom is 0.122 e. The first-order valence-electron chi connectivity index (χ1n) is 7.99. The van der Waals surface area contributed by atoms with Gasteiger partial charge in [-0.1, -0.05) is 18.2 Å². The first-order valence-corrected chi connectivity index (χ1v) is 9.21. The highest BCUT2D eigenvalue weighted by Crippen LogP contribution is 2.24. The van der Waals surface area contributed by atoms with E-state index < -0.39 is 0 Å². The molecule has 3 aromatic rings. The van der Waals surface area contributed by atoms with Gasteiger partial charge >= 0.3 is 0 Å². The summed E-state index contributed by atoms with van der Waals surface area (Å²) in [5, 5.41) is 0. The minimum Gasteiger partial charge on any atom is -0.497 e. The Morgan fingerprint density at radius 2 is 1.64 bits per heavy atom. The van der Waals surface area contributed by atoms with Crippen LogP contribution in [0.2, 0.25) is 0 Å². The number of allylic oxidation sites excluding steroid dienone is 1. The summed E-state index contributed by atoms with van der Waals surface area (Å²) < 4.78 is 5.27. The van der Waals surface area contributed by atoms with E-state index in [0.29, 0.717) is 0 Å². The maximum absolute atomic E-state index is 5.27. The topological polar surface area (TPSA) is 35.0 Å². The Kier molecular flexibility index (Phi) is 5.51. The van der Waals surface area contributed by atoms with E-state index >= 15 is 0 Å². The molecule has 0 spiro atoms. The molecule has 1 aromatic carbocycles. The zero-order chi connectivity index (χ0) is 17.6. The third-order valence-electron chi connectivity index (χ3n) is 3.94. The predicted molar refractivity (Wildman–Crippen MR) is 106 cm³/mol. The summed E-state index contributed by atoms with van der Waals surface area (Å²) in [5.74, 6) is 0.776. The van der Waals surface area contributed by atoms with Crippen molar-refractivity contribution in [3.63, 3.8) is 0 Å². The van der Waals surface area contributed by atoms with E-state index in [1.165, 1.54) is 16.0 Å². The van der Waals surface area contributed by atoms with Crippen molar-refractivity contribution in [1.29, 1.82) is 0 Å². The Hall–Kier alpha value is -2.59. The molecule has 4 heteroatoms. The molecule has 2 aromatic heterocycles. The molecule has 2 heterocycles. The minimum atomic E-state index is 0.776. The van der Waals surface area contributed by atoms with E-state index in [-0.39, 0.29) is 0 Å². The highest BCUT2D eigenvalue weighted by atomic mass is 32.2. The lowest BCUT2D eigenvalue weighted by atomic mass is 10.0. The summed E-state index contributed by atoms with van der Waals surface area (Å²) >= 11 is 1.75. The van der Waals surface area contributed by atoms with Crippen molar-refractivity contribution < 1.29 is 4.74 Å². The third-order valence-corrected chi connectivity index (χ3v) is 4.69. The van der Waals surface area contributed by atoms with Gasteiger partial charge in [0.1, 0.15) is 5.75 Å². The van der Waals surface area contributed by atoms with Crippen LogP contribution in [0.1, 0.15) is 18.1 Å². The summed E-state index contributed by atoms with van der Waals surface area (Å²) in [7, 11) is 1.65. The van der Waals surface area contributed by atoms with Crippen LogP contribution in [0.4, 0.5) is 0 Å². The number of aromatic nitrogens is 2.